The minimum absolute atomic E-state index is 0.117. The smallest absolute Gasteiger partial charge is 0.223 e. The summed E-state index contributed by atoms with van der Waals surface area (Å²) in [5.74, 6) is 0.317. The first-order valence-corrected chi connectivity index (χ1v) is 7.08. The number of carbonyl (C=O) groups is 1. The third-order valence-corrected chi connectivity index (χ3v) is 4.28. The minimum Gasteiger partial charge on any atom is -0.396 e. The molecule has 1 aromatic rings. The van der Waals surface area contributed by atoms with E-state index in [0.717, 1.165) is 12.8 Å². The van der Waals surface area contributed by atoms with Gasteiger partial charge in [0, 0.05) is 30.4 Å². The Hall–Kier alpha value is -0.870. The second kappa shape index (κ2) is 5.65. The van der Waals surface area contributed by atoms with Crippen molar-refractivity contribution in [3.63, 3.8) is 0 Å². The van der Waals surface area contributed by atoms with E-state index in [1.54, 1.807) is 11.3 Å². The van der Waals surface area contributed by atoms with E-state index in [0.29, 0.717) is 13.0 Å². The van der Waals surface area contributed by atoms with Gasteiger partial charge < -0.3 is 10.0 Å². The highest BCUT2D eigenvalue weighted by Gasteiger charge is 2.34. The van der Waals surface area contributed by atoms with Crippen molar-refractivity contribution >= 4 is 17.2 Å². The Balaban J connectivity index is 2.14. The Morgan fingerprint density at radius 3 is 3.00 bits per heavy atom. The molecule has 2 atom stereocenters. The zero-order valence-corrected chi connectivity index (χ0v) is 10.9. The van der Waals surface area contributed by atoms with Crippen molar-refractivity contribution in [3.8, 4) is 0 Å². The van der Waals surface area contributed by atoms with E-state index in [4.69, 9.17) is 5.11 Å². The van der Waals surface area contributed by atoms with Gasteiger partial charge in [-0.05, 0) is 17.9 Å². The number of amides is 1. The van der Waals surface area contributed by atoms with Gasteiger partial charge in [-0.1, -0.05) is 19.4 Å². The van der Waals surface area contributed by atoms with Gasteiger partial charge in [-0.3, -0.25) is 4.79 Å². The number of hydrogen-bond donors (Lipinski definition) is 1. The highest BCUT2D eigenvalue weighted by atomic mass is 32.1. The third-order valence-electron chi connectivity index (χ3n) is 3.31. The van der Waals surface area contributed by atoms with E-state index in [1.807, 2.05) is 11.0 Å². The maximum Gasteiger partial charge on any atom is 0.223 e. The molecule has 1 aliphatic heterocycles. The van der Waals surface area contributed by atoms with Crippen LogP contribution in [0.4, 0.5) is 0 Å². The molecule has 17 heavy (non-hydrogen) atoms. The summed E-state index contributed by atoms with van der Waals surface area (Å²) in [6, 6.07) is 4.35. The van der Waals surface area contributed by atoms with Gasteiger partial charge in [-0.25, -0.2) is 0 Å². The molecule has 0 radical (unpaired) electrons. The van der Waals surface area contributed by atoms with Crippen LogP contribution < -0.4 is 0 Å². The number of thiophene rings is 1. The van der Waals surface area contributed by atoms with Gasteiger partial charge in [0.25, 0.3) is 0 Å². The van der Waals surface area contributed by atoms with E-state index in [1.165, 1.54) is 4.88 Å². The second-order valence-electron chi connectivity index (χ2n) is 4.62. The van der Waals surface area contributed by atoms with Crippen molar-refractivity contribution in [2.45, 2.75) is 32.2 Å². The molecule has 1 amide bonds. The fourth-order valence-corrected chi connectivity index (χ4v) is 3.31. The molecule has 0 bridgehead atoms. The van der Waals surface area contributed by atoms with E-state index >= 15 is 0 Å². The van der Waals surface area contributed by atoms with Gasteiger partial charge in [0.2, 0.25) is 5.91 Å². The first-order chi connectivity index (χ1) is 8.26. The molecule has 1 aromatic heterocycles. The van der Waals surface area contributed by atoms with Crippen LogP contribution in [-0.4, -0.2) is 29.1 Å². The van der Waals surface area contributed by atoms with E-state index < -0.39 is 0 Å². The Labute approximate surface area is 106 Å². The van der Waals surface area contributed by atoms with Crippen LogP contribution in [0.3, 0.4) is 0 Å². The fourth-order valence-electron chi connectivity index (χ4n) is 2.44. The molecular weight excluding hydrogens is 234 g/mol. The molecule has 1 fully saturated rings. The summed E-state index contributed by atoms with van der Waals surface area (Å²) in [6.07, 6.45) is 2.57. The highest BCUT2D eigenvalue weighted by Crippen LogP contribution is 2.33. The molecule has 2 rings (SSSR count). The van der Waals surface area contributed by atoms with Gasteiger partial charge in [0.1, 0.15) is 0 Å². The summed E-state index contributed by atoms with van der Waals surface area (Å²) in [6.45, 7) is 2.97. The first-order valence-electron chi connectivity index (χ1n) is 6.20. The van der Waals surface area contributed by atoms with Crippen LogP contribution in [0, 0.1) is 5.92 Å². The molecular formula is C13H19NO2S. The third kappa shape index (κ3) is 2.69. The Morgan fingerprint density at radius 2 is 2.47 bits per heavy atom. The molecule has 2 heterocycles. The number of rotatable bonds is 5. The predicted molar refractivity (Wildman–Crippen MR) is 68.9 cm³/mol. The summed E-state index contributed by atoms with van der Waals surface area (Å²) >= 11 is 1.71. The lowest BCUT2D eigenvalue weighted by Gasteiger charge is -2.27. The van der Waals surface area contributed by atoms with Gasteiger partial charge in [0.15, 0.2) is 0 Å². The van der Waals surface area contributed by atoms with Crippen molar-refractivity contribution in [3.05, 3.63) is 22.4 Å². The monoisotopic (exact) mass is 253 g/mol. The summed E-state index contributed by atoms with van der Waals surface area (Å²) in [5.41, 5.74) is 0. The molecule has 2 unspecified atom stereocenters. The van der Waals surface area contributed by atoms with Crippen LogP contribution in [0.1, 0.15) is 37.1 Å². The van der Waals surface area contributed by atoms with Gasteiger partial charge in [0.05, 0.1) is 6.04 Å². The molecule has 3 nitrogen and oxygen atoms in total. The van der Waals surface area contributed by atoms with Crippen molar-refractivity contribution in [1.29, 1.82) is 0 Å². The van der Waals surface area contributed by atoms with Crippen molar-refractivity contribution < 1.29 is 9.90 Å². The number of nitrogens with zero attached hydrogens (tertiary/aromatic N) is 1. The second-order valence-corrected chi connectivity index (χ2v) is 5.60. The van der Waals surface area contributed by atoms with Crippen LogP contribution in [0.25, 0.3) is 0 Å². The van der Waals surface area contributed by atoms with Crippen molar-refractivity contribution in [2.24, 2.45) is 5.92 Å². The van der Waals surface area contributed by atoms with Crippen molar-refractivity contribution in [1.82, 2.24) is 4.90 Å². The quantitative estimate of drug-likeness (QED) is 0.875. The van der Waals surface area contributed by atoms with E-state index in [9.17, 15) is 4.79 Å². The summed E-state index contributed by atoms with van der Waals surface area (Å²) in [7, 11) is 0. The van der Waals surface area contributed by atoms with E-state index in [-0.39, 0.29) is 24.5 Å². The topological polar surface area (TPSA) is 40.5 Å². The van der Waals surface area contributed by atoms with Crippen LogP contribution in [-0.2, 0) is 4.79 Å². The van der Waals surface area contributed by atoms with E-state index in [2.05, 4.69) is 18.4 Å². The SMILES string of the molecule is CCCC(c1cccs1)N1CC(CO)CC1=O. The molecule has 94 valence electrons. The summed E-state index contributed by atoms with van der Waals surface area (Å²) in [4.78, 5) is 15.2. The van der Waals surface area contributed by atoms with Crippen molar-refractivity contribution in [2.75, 3.05) is 13.2 Å². The number of likely N-dealkylation sites (tertiary alicyclic amines) is 1. The van der Waals surface area contributed by atoms with Crippen LogP contribution in [0.15, 0.2) is 17.5 Å². The lowest BCUT2D eigenvalue weighted by Crippen LogP contribution is -2.30. The maximum atomic E-state index is 12.0. The van der Waals surface area contributed by atoms with Gasteiger partial charge in [-0.2, -0.15) is 0 Å². The molecule has 4 heteroatoms. The Morgan fingerprint density at radius 1 is 1.65 bits per heavy atom. The zero-order chi connectivity index (χ0) is 12.3. The number of aliphatic hydroxyl groups excluding tert-OH is 1. The fraction of sp³-hybridized carbons (Fsp3) is 0.615. The molecule has 1 saturated heterocycles. The normalized spacial score (nSPS) is 22.1. The molecule has 1 N–H and O–H groups in total. The molecule has 0 spiro atoms. The lowest BCUT2D eigenvalue weighted by molar-refractivity contribution is -0.129. The molecule has 1 aliphatic rings. The van der Waals surface area contributed by atoms with Crippen LogP contribution in [0.5, 0.6) is 0 Å². The molecule has 0 aromatic carbocycles. The maximum absolute atomic E-state index is 12.0. The first kappa shape index (κ1) is 12.6. The number of carbonyl (C=O) groups excluding carboxylic acids is 1. The standard InChI is InChI=1S/C13H19NO2S/c1-2-4-11(12-5-3-6-17-12)14-8-10(9-15)7-13(14)16/h3,5-6,10-11,15H,2,4,7-9H2,1H3. The number of aliphatic hydroxyl groups is 1. The average Bonchev–Trinajstić information content (AvgIpc) is 2.95. The predicted octanol–water partition coefficient (Wildman–Crippen LogP) is 2.43. The summed E-state index contributed by atoms with van der Waals surface area (Å²) in [5, 5.41) is 11.2. The number of hydrogen-bond acceptors (Lipinski definition) is 3. The van der Waals surface area contributed by atoms with Gasteiger partial charge in [-0.15, -0.1) is 11.3 Å². The zero-order valence-electron chi connectivity index (χ0n) is 10.1. The average molecular weight is 253 g/mol. The van der Waals surface area contributed by atoms with Crippen LogP contribution >= 0.6 is 11.3 Å². The molecule has 0 saturated carbocycles. The lowest BCUT2D eigenvalue weighted by atomic mass is 10.1. The van der Waals surface area contributed by atoms with Gasteiger partial charge >= 0.3 is 0 Å². The van der Waals surface area contributed by atoms with Crippen LogP contribution in [0.2, 0.25) is 0 Å². The molecule has 0 aliphatic carbocycles. The minimum atomic E-state index is 0.117. The highest BCUT2D eigenvalue weighted by molar-refractivity contribution is 7.10. The Bertz CT molecular complexity index is 364. The Kier molecular flexibility index (Phi) is 4.18. The summed E-state index contributed by atoms with van der Waals surface area (Å²) < 4.78 is 0. The largest absolute Gasteiger partial charge is 0.396 e.